The van der Waals surface area contributed by atoms with Crippen molar-refractivity contribution in [2.75, 3.05) is 25.6 Å². The molecule has 5 rings (SSSR count). The minimum atomic E-state index is -3.50. The lowest BCUT2D eigenvalue weighted by atomic mass is 10.1. The fourth-order valence-corrected chi connectivity index (χ4v) is 5.66. The van der Waals surface area contributed by atoms with Gasteiger partial charge in [-0.1, -0.05) is 18.2 Å². The molecule has 3 heterocycles. The second-order valence-corrected chi connectivity index (χ2v) is 32.0. The molecule has 3 N–H and O–H groups in total. The summed E-state index contributed by atoms with van der Waals surface area (Å²) >= 11 is 0. The highest BCUT2D eigenvalue weighted by molar-refractivity contribution is 8.92. The van der Waals surface area contributed by atoms with Crippen molar-refractivity contribution in [3.63, 3.8) is 0 Å². The summed E-state index contributed by atoms with van der Waals surface area (Å²) in [5.41, 5.74) is 7.84. The van der Waals surface area contributed by atoms with Crippen LogP contribution in [-0.4, -0.2) is 59.8 Å². The molecule has 0 bridgehead atoms. The number of nitrogens with two attached hydrogens (primary N) is 1. The van der Waals surface area contributed by atoms with Crippen LogP contribution < -0.4 is 11.1 Å². The molecule has 0 amide bonds. The summed E-state index contributed by atoms with van der Waals surface area (Å²) in [6, 6.07) is 10.5. The summed E-state index contributed by atoms with van der Waals surface area (Å²) in [5.74, 6) is -0.682. The number of sulfone groups is 1. The van der Waals surface area contributed by atoms with Gasteiger partial charge in [-0.2, -0.15) is 0 Å². The third kappa shape index (κ3) is 9.66. The van der Waals surface area contributed by atoms with Gasteiger partial charge in [0.25, 0.3) is 11.8 Å². The molecule has 1 fully saturated rings. The number of halogens is 2. The predicted octanol–water partition coefficient (Wildman–Crippen LogP) is 6.62. The molecule has 6 unspecified atom stereocenters. The van der Waals surface area contributed by atoms with E-state index in [1.165, 1.54) is 30.5 Å². The van der Waals surface area contributed by atoms with Crippen LogP contribution >= 0.6 is 49.7 Å². The van der Waals surface area contributed by atoms with Crippen molar-refractivity contribution in [2.24, 2.45) is 0 Å². The average molecular weight is 751 g/mol. The maximum absolute atomic E-state index is 14.8. The highest BCUT2D eigenvalue weighted by Crippen LogP contribution is 2.86. The monoisotopic (exact) mass is 750 g/mol. The van der Waals surface area contributed by atoms with Gasteiger partial charge in [-0.3, -0.25) is 0 Å². The van der Waals surface area contributed by atoms with Gasteiger partial charge in [0.2, 0.25) is 0 Å². The topological polar surface area (TPSA) is 146 Å². The van der Waals surface area contributed by atoms with Gasteiger partial charge < -0.3 is 20.2 Å². The van der Waals surface area contributed by atoms with Crippen LogP contribution in [0.5, 0.6) is 0 Å². The summed E-state index contributed by atoms with van der Waals surface area (Å²) in [6.07, 6.45) is 1.91. The molecule has 1 saturated heterocycles. The summed E-state index contributed by atoms with van der Waals surface area (Å²) in [4.78, 5) is 8.85. The minimum absolute atomic E-state index is 0.0262. The third-order valence-electron chi connectivity index (χ3n) is 6.65. The Labute approximate surface area is 272 Å². The lowest BCUT2D eigenvalue weighted by molar-refractivity contribution is 0.198. The van der Waals surface area contributed by atoms with Crippen LogP contribution in [-0.2, 0) is 21.1 Å². The second kappa shape index (κ2) is 16.7. The zero-order valence-electron chi connectivity index (χ0n) is 24.2. The highest BCUT2D eigenvalue weighted by atomic mass is 33.0. The summed E-state index contributed by atoms with van der Waals surface area (Å²) in [7, 11) is 7.65. The molecule has 19 heteroatoms. The summed E-state index contributed by atoms with van der Waals surface area (Å²) in [6.45, 7) is 2.42. The van der Waals surface area contributed by atoms with E-state index >= 15 is 0 Å². The van der Waals surface area contributed by atoms with Crippen LogP contribution in [0.4, 0.5) is 14.6 Å². The zero-order chi connectivity index (χ0) is 32.7. The van der Waals surface area contributed by atoms with Crippen LogP contribution in [0.3, 0.4) is 0 Å². The van der Waals surface area contributed by atoms with Crippen molar-refractivity contribution in [3.8, 4) is 34.3 Å². The van der Waals surface area contributed by atoms with E-state index in [0.29, 0.717) is 36.4 Å². The van der Waals surface area contributed by atoms with Crippen LogP contribution in [0.25, 0.3) is 34.3 Å². The van der Waals surface area contributed by atoms with E-state index in [9.17, 15) is 17.2 Å². The molecule has 1 aliphatic rings. The van der Waals surface area contributed by atoms with Gasteiger partial charge in [0.1, 0.15) is 12.5 Å². The van der Waals surface area contributed by atoms with Crippen LogP contribution in [0.15, 0.2) is 58.0 Å². The number of anilines is 1. The van der Waals surface area contributed by atoms with E-state index in [2.05, 4.69) is 61.2 Å². The molecule has 45 heavy (non-hydrogen) atoms. The number of nitrogens with one attached hydrogen (secondary N) is 1. The number of hydrogen-bond donors (Lipinski definition) is 2. The molecular weight excluding hydrogens is 716 g/mol. The van der Waals surface area contributed by atoms with Gasteiger partial charge in [-0.25, -0.2) is 27.2 Å². The Balaban J connectivity index is 0.000000700. The van der Waals surface area contributed by atoms with Crippen molar-refractivity contribution in [3.05, 3.63) is 60.0 Å². The van der Waals surface area contributed by atoms with Gasteiger partial charge in [0.15, 0.2) is 21.3 Å². The number of rotatable bonds is 10. The largest absolute Gasteiger partial charge is 0.414 e. The van der Waals surface area contributed by atoms with Gasteiger partial charge in [0.05, 0.1) is 34.2 Å². The molecule has 242 valence electrons. The number of alkyl halides is 1. The Bertz CT molecular complexity index is 1690. The quantitative estimate of drug-likeness (QED) is 0.170. The Morgan fingerprint density at radius 3 is 2.38 bits per heavy atom. The molecular formula is C26H34F2N6O4P6S. The fourth-order valence-electron chi connectivity index (χ4n) is 4.08. The van der Waals surface area contributed by atoms with E-state index in [1.54, 1.807) is 25.1 Å². The molecule has 2 aromatic heterocycles. The SMILES string of the molecule is CC(CF)NCc1ccc(-c2nnc(-c3nc(-c4ccc(S(=O)(=O)C5CCOC5)cc4)cnc3N)o2)c(F)c1.PP(P)P(P)P. The number of aromatic nitrogens is 4. The standard InChI is InChI=1S/C26H26F2N6O4S.H8P6/c1-15(11-27)30-12-16-2-7-20(21(28)10-16)25-33-34-26(38-25)23-24(29)31-13-22(32-23)17-3-5-18(6-4-17)39(35,36)19-8-9-37-14-19;1-5(2)6(3)4/h2-7,10,13,15,19,30H,8-9,11-12,14H2,1H3,(H2,29,31);1-4H2. The zero-order valence-corrected chi connectivity index (χ0v) is 31.4. The Morgan fingerprint density at radius 2 is 1.78 bits per heavy atom. The normalized spacial score (nSPS) is 15.7. The van der Waals surface area contributed by atoms with E-state index < -0.39 is 27.6 Å². The van der Waals surface area contributed by atoms with Gasteiger partial charge in [-0.15, -0.1) is 45.9 Å². The first-order valence-corrected chi connectivity index (χ1v) is 24.9. The summed E-state index contributed by atoms with van der Waals surface area (Å²) in [5, 5.41) is 10.3. The van der Waals surface area contributed by atoms with Gasteiger partial charge in [0, 0.05) is 24.8 Å². The number of nitrogen functional groups attached to an aromatic ring is 1. The minimum Gasteiger partial charge on any atom is -0.414 e. The van der Waals surface area contributed by atoms with Crippen molar-refractivity contribution in [1.82, 2.24) is 25.5 Å². The highest BCUT2D eigenvalue weighted by Gasteiger charge is 2.31. The lowest BCUT2D eigenvalue weighted by Gasteiger charge is -2.10. The average Bonchev–Trinajstić information content (AvgIpc) is 3.74. The Hall–Kier alpha value is -1.23. The molecule has 0 spiro atoms. The summed E-state index contributed by atoms with van der Waals surface area (Å²) < 4.78 is 64.0. The molecule has 1 aliphatic heterocycles. The maximum Gasteiger partial charge on any atom is 0.270 e. The van der Waals surface area contributed by atoms with Gasteiger partial charge in [-0.05, 0) is 57.1 Å². The smallest absolute Gasteiger partial charge is 0.270 e. The predicted molar refractivity (Wildman–Crippen MR) is 192 cm³/mol. The first-order chi connectivity index (χ1) is 21.4. The molecule has 0 saturated carbocycles. The number of benzene rings is 2. The van der Waals surface area contributed by atoms with Crippen molar-refractivity contribution in [2.45, 2.75) is 36.1 Å². The van der Waals surface area contributed by atoms with Crippen LogP contribution in [0, 0.1) is 5.82 Å². The second-order valence-electron chi connectivity index (χ2n) is 9.97. The number of nitrogens with zero attached hydrogens (tertiary/aromatic N) is 4. The Kier molecular flexibility index (Phi) is 13.6. The Morgan fingerprint density at radius 1 is 1.09 bits per heavy atom. The van der Waals surface area contributed by atoms with Crippen molar-refractivity contribution in [1.29, 1.82) is 0 Å². The third-order valence-corrected chi connectivity index (χ3v) is 30.2. The van der Waals surface area contributed by atoms with Crippen molar-refractivity contribution >= 4 is 65.3 Å². The van der Waals surface area contributed by atoms with Crippen LogP contribution in [0.2, 0.25) is 0 Å². The number of hydrogen-bond acceptors (Lipinski definition) is 10. The fraction of sp³-hybridized carbons (Fsp3) is 0.308. The number of ether oxygens (including phenoxy) is 1. The molecule has 4 aromatic rings. The molecule has 10 nitrogen and oxygen atoms in total. The lowest BCUT2D eigenvalue weighted by Crippen LogP contribution is -2.27. The first kappa shape index (κ1) is 36.6. The van der Waals surface area contributed by atoms with E-state index in [4.69, 9.17) is 14.9 Å². The first-order valence-electron chi connectivity index (χ1n) is 13.5. The molecule has 0 radical (unpaired) electrons. The van der Waals surface area contributed by atoms with Gasteiger partial charge >= 0.3 is 0 Å². The molecule has 2 aromatic carbocycles. The molecule has 6 atom stereocenters. The van der Waals surface area contributed by atoms with Crippen molar-refractivity contribution < 1.29 is 26.4 Å². The molecule has 0 aliphatic carbocycles. The van der Waals surface area contributed by atoms with Crippen LogP contribution in [0.1, 0.15) is 18.9 Å². The van der Waals surface area contributed by atoms with E-state index in [0.717, 1.165) is 0 Å². The van der Waals surface area contributed by atoms with E-state index in [-0.39, 0.29) is 60.4 Å². The van der Waals surface area contributed by atoms with E-state index in [1.807, 2.05) is 0 Å². The maximum atomic E-state index is 14.8.